The van der Waals surface area contributed by atoms with E-state index < -0.39 is 35.4 Å². The molecule has 2 rings (SSSR count). The summed E-state index contributed by atoms with van der Waals surface area (Å²) in [6, 6.07) is 6.27. The van der Waals surface area contributed by atoms with Gasteiger partial charge in [0.2, 0.25) is 0 Å². The fourth-order valence-electron chi connectivity index (χ4n) is 2.90. The smallest absolute Gasteiger partial charge is 0.416 e. The Morgan fingerprint density at radius 1 is 1.13 bits per heavy atom. The van der Waals surface area contributed by atoms with Gasteiger partial charge in [0.1, 0.15) is 11.6 Å². The van der Waals surface area contributed by atoms with Gasteiger partial charge in [-0.25, -0.2) is 4.39 Å². The summed E-state index contributed by atoms with van der Waals surface area (Å²) >= 11 is 0. The number of carbonyl (C=O) groups is 2. The Morgan fingerprint density at radius 3 is 2.27 bits per heavy atom. The molecule has 5 nitrogen and oxygen atoms in total. The third-order valence-corrected chi connectivity index (χ3v) is 4.67. The number of ether oxygens (including phenoxy) is 1. The van der Waals surface area contributed by atoms with Crippen LogP contribution in [0.4, 0.5) is 17.6 Å². The third kappa shape index (κ3) is 5.71. The fraction of sp³-hybridized carbons (Fsp3) is 0.333. The minimum Gasteiger partial charge on any atom is -0.496 e. The molecular weight excluding hydrogens is 406 g/mol. The van der Waals surface area contributed by atoms with E-state index in [-0.39, 0.29) is 29.8 Å². The summed E-state index contributed by atoms with van der Waals surface area (Å²) in [5.74, 6) is -2.88. The van der Waals surface area contributed by atoms with Crippen LogP contribution >= 0.6 is 0 Å². The van der Waals surface area contributed by atoms with Gasteiger partial charge in [0.15, 0.2) is 0 Å². The van der Waals surface area contributed by atoms with Crippen LogP contribution in [0.15, 0.2) is 36.4 Å². The lowest BCUT2D eigenvalue weighted by Crippen LogP contribution is -2.23. The first kappa shape index (κ1) is 23.2. The summed E-state index contributed by atoms with van der Waals surface area (Å²) in [6.45, 7) is 1.60. The molecule has 2 N–H and O–H groups in total. The standard InChI is InChI=1S/C21H21F4NO4/c1-3-12(20(28)29)8-14-9-15(18(30-2)10-17(14)22)11-26-19(27)13-4-6-16(7-5-13)21(23,24)25/h4-7,9-10,12H,3,8,11H2,1-2H3,(H,26,27)(H,28,29). The molecular formula is C21H21F4NO4. The van der Waals surface area contributed by atoms with Crippen LogP contribution in [0.1, 0.15) is 40.4 Å². The molecule has 0 fully saturated rings. The highest BCUT2D eigenvalue weighted by atomic mass is 19.4. The van der Waals surface area contributed by atoms with E-state index in [0.29, 0.717) is 12.0 Å². The average Bonchev–Trinajstić information content (AvgIpc) is 2.70. The van der Waals surface area contributed by atoms with Gasteiger partial charge in [-0.3, -0.25) is 9.59 Å². The molecule has 2 aromatic rings. The largest absolute Gasteiger partial charge is 0.496 e. The summed E-state index contributed by atoms with van der Waals surface area (Å²) < 4.78 is 57.3. The van der Waals surface area contributed by atoms with Gasteiger partial charge in [0.25, 0.3) is 5.91 Å². The van der Waals surface area contributed by atoms with Crippen molar-refractivity contribution in [3.63, 3.8) is 0 Å². The number of alkyl halides is 3. The molecule has 9 heteroatoms. The molecule has 0 spiro atoms. The van der Waals surface area contributed by atoms with Gasteiger partial charge >= 0.3 is 12.1 Å². The number of aliphatic carboxylic acids is 1. The fourth-order valence-corrected chi connectivity index (χ4v) is 2.90. The number of carbonyl (C=O) groups excluding carboxylic acids is 1. The lowest BCUT2D eigenvalue weighted by molar-refractivity contribution is -0.142. The second-order valence-electron chi connectivity index (χ2n) is 6.66. The predicted molar refractivity (Wildman–Crippen MR) is 101 cm³/mol. The summed E-state index contributed by atoms with van der Waals surface area (Å²) in [5.41, 5.74) is -0.257. The average molecular weight is 427 g/mol. The number of benzene rings is 2. The minimum atomic E-state index is -4.50. The topological polar surface area (TPSA) is 75.6 Å². The maximum absolute atomic E-state index is 14.3. The molecule has 0 aliphatic carbocycles. The summed E-state index contributed by atoms with van der Waals surface area (Å²) in [6.07, 6.45) is -4.21. The normalized spacial score (nSPS) is 12.3. The molecule has 0 bridgehead atoms. The molecule has 0 heterocycles. The summed E-state index contributed by atoms with van der Waals surface area (Å²) in [7, 11) is 1.32. The number of nitrogens with one attached hydrogen (secondary N) is 1. The predicted octanol–water partition coefficient (Wildman–Crippen LogP) is 4.44. The van der Waals surface area contributed by atoms with E-state index in [4.69, 9.17) is 4.74 Å². The van der Waals surface area contributed by atoms with Crippen LogP contribution in [0.3, 0.4) is 0 Å². The van der Waals surface area contributed by atoms with Crippen molar-refractivity contribution in [2.45, 2.75) is 32.5 Å². The van der Waals surface area contributed by atoms with E-state index in [2.05, 4.69) is 5.32 Å². The number of rotatable bonds is 8. The van der Waals surface area contributed by atoms with Crippen LogP contribution in [0.2, 0.25) is 0 Å². The molecule has 1 atom stereocenters. The first-order valence-corrected chi connectivity index (χ1v) is 9.10. The molecule has 2 aromatic carbocycles. The second-order valence-corrected chi connectivity index (χ2v) is 6.66. The highest BCUT2D eigenvalue weighted by Gasteiger charge is 2.30. The van der Waals surface area contributed by atoms with E-state index in [1.54, 1.807) is 6.92 Å². The Bertz CT molecular complexity index is 910. The van der Waals surface area contributed by atoms with Crippen molar-refractivity contribution in [1.82, 2.24) is 5.32 Å². The summed E-state index contributed by atoms with van der Waals surface area (Å²) in [5, 5.41) is 11.7. The zero-order valence-electron chi connectivity index (χ0n) is 16.3. The van der Waals surface area contributed by atoms with E-state index in [0.717, 1.165) is 30.3 Å². The number of halogens is 4. The molecule has 0 radical (unpaired) electrons. The molecule has 0 aliphatic rings. The van der Waals surface area contributed by atoms with Crippen LogP contribution in [-0.4, -0.2) is 24.1 Å². The van der Waals surface area contributed by atoms with Crippen LogP contribution in [0.25, 0.3) is 0 Å². The van der Waals surface area contributed by atoms with E-state index in [9.17, 15) is 32.3 Å². The second kappa shape index (κ2) is 9.60. The Labute approximate surface area is 170 Å². The van der Waals surface area contributed by atoms with Crippen LogP contribution in [0, 0.1) is 11.7 Å². The monoisotopic (exact) mass is 427 g/mol. The van der Waals surface area contributed by atoms with Crippen molar-refractivity contribution in [3.8, 4) is 5.75 Å². The van der Waals surface area contributed by atoms with E-state index >= 15 is 0 Å². The van der Waals surface area contributed by atoms with Crippen LogP contribution in [-0.2, 0) is 23.9 Å². The van der Waals surface area contributed by atoms with Crippen molar-refractivity contribution in [3.05, 3.63) is 64.5 Å². The molecule has 0 saturated carbocycles. The molecule has 30 heavy (non-hydrogen) atoms. The Hall–Kier alpha value is -3.10. The Balaban J connectivity index is 2.17. The zero-order chi connectivity index (χ0) is 22.5. The first-order chi connectivity index (χ1) is 14.1. The maximum atomic E-state index is 14.3. The lowest BCUT2D eigenvalue weighted by Gasteiger charge is -2.15. The third-order valence-electron chi connectivity index (χ3n) is 4.67. The molecule has 1 amide bonds. The highest BCUT2D eigenvalue weighted by Crippen LogP contribution is 2.29. The van der Waals surface area contributed by atoms with Crippen molar-refractivity contribution in [2.24, 2.45) is 5.92 Å². The number of hydrogen-bond donors (Lipinski definition) is 2. The van der Waals surface area contributed by atoms with Gasteiger partial charge in [-0.2, -0.15) is 13.2 Å². The maximum Gasteiger partial charge on any atom is 0.416 e. The number of hydrogen-bond acceptors (Lipinski definition) is 3. The van der Waals surface area contributed by atoms with Crippen LogP contribution in [0.5, 0.6) is 5.75 Å². The Morgan fingerprint density at radius 2 is 1.77 bits per heavy atom. The minimum absolute atomic E-state index is 0.0263. The van der Waals surface area contributed by atoms with Crippen molar-refractivity contribution in [2.75, 3.05) is 7.11 Å². The van der Waals surface area contributed by atoms with Gasteiger partial charge in [-0.05, 0) is 48.7 Å². The molecule has 0 aromatic heterocycles. The zero-order valence-corrected chi connectivity index (χ0v) is 16.3. The van der Waals surface area contributed by atoms with Crippen molar-refractivity contribution >= 4 is 11.9 Å². The van der Waals surface area contributed by atoms with Crippen LogP contribution < -0.4 is 10.1 Å². The van der Waals surface area contributed by atoms with Gasteiger partial charge in [-0.1, -0.05) is 6.92 Å². The Kier molecular flexibility index (Phi) is 7.42. The number of carboxylic acid groups (broad SMARTS) is 1. The van der Waals surface area contributed by atoms with E-state index in [1.165, 1.54) is 13.2 Å². The van der Waals surface area contributed by atoms with Crippen molar-refractivity contribution < 1.29 is 37.0 Å². The van der Waals surface area contributed by atoms with Gasteiger partial charge in [0.05, 0.1) is 18.6 Å². The quantitative estimate of drug-likeness (QED) is 0.611. The number of carboxylic acids is 1. The van der Waals surface area contributed by atoms with Gasteiger partial charge in [-0.15, -0.1) is 0 Å². The van der Waals surface area contributed by atoms with E-state index in [1.807, 2.05) is 0 Å². The van der Waals surface area contributed by atoms with Gasteiger partial charge < -0.3 is 15.2 Å². The molecule has 162 valence electrons. The highest BCUT2D eigenvalue weighted by molar-refractivity contribution is 5.94. The van der Waals surface area contributed by atoms with Crippen molar-refractivity contribution in [1.29, 1.82) is 0 Å². The summed E-state index contributed by atoms with van der Waals surface area (Å²) in [4.78, 5) is 23.5. The SMILES string of the molecule is CCC(Cc1cc(CNC(=O)c2ccc(C(F)(F)F)cc2)c(OC)cc1F)C(=O)O. The van der Waals surface area contributed by atoms with Gasteiger partial charge in [0, 0.05) is 23.7 Å². The molecule has 1 unspecified atom stereocenters. The number of amides is 1. The number of methoxy groups -OCH3 is 1. The first-order valence-electron chi connectivity index (χ1n) is 9.10. The molecule has 0 aliphatic heterocycles. The lowest BCUT2D eigenvalue weighted by atomic mass is 9.95. The molecule has 0 saturated heterocycles.